The molecule has 2 rings (SSSR count). The van der Waals surface area contributed by atoms with Crippen LogP contribution in [0.5, 0.6) is 0 Å². The van der Waals surface area contributed by atoms with E-state index in [1.54, 1.807) is 11.3 Å². The van der Waals surface area contributed by atoms with Crippen LogP contribution in [0.25, 0.3) is 0 Å². The lowest BCUT2D eigenvalue weighted by molar-refractivity contribution is 0.526. The van der Waals surface area contributed by atoms with Gasteiger partial charge in [-0.3, -0.25) is 0 Å². The molecule has 0 aliphatic carbocycles. The smallest absolute Gasteiger partial charge is 0.126 e. The van der Waals surface area contributed by atoms with Crippen LogP contribution in [0.1, 0.15) is 23.4 Å². The average Bonchev–Trinajstić information content (AvgIpc) is 2.79. The van der Waals surface area contributed by atoms with Gasteiger partial charge in [-0.25, -0.2) is 8.78 Å². The molecule has 1 unspecified atom stereocenters. The molecule has 0 amide bonds. The first-order valence-electron chi connectivity index (χ1n) is 6.02. The Hall–Kier alpha value is -0.780. The molecular formula is C14H14BrF2NS. The van der Waals surface area contributed by atoms with Crippen LogP contribution >= 0.6 is 27.3 Å². The molecule has 0 bridgehead atoms. The summed E-state index contributed by atoms with van der Waals surface area (Å²) >= 11 is 5.09. The van der Waals surface area contributed by atoms with Gasteiger partial charge in [-0.15, -0.1) is 11.3 Å². The first-order valence-corrected chi connectivity index (χ1v) is 7.69. The van der Waals surface area contributed by atoms with Crippen molar-refractivity contribution in [1.29, 1.82) is 0 Å². The van der Waals surface area contributed by atoms with Crippen molar-refractivity contribution >= 4 is 27.3 Å². The van der Waals surface area contributed by atoms with Gasteiger partial charge in [-0.2, -0.15) is 0 Å². The zero-order valence-electron chi connectivity index (χ0n) is 10.4. The van der Waals surface area contributed by atoms with Crippen molar-refractivity contribution in [3.8, 4) is 0 Å². The van der Waals surface area contributed by atoms with Gasteiger partial charge in [0, 0.05) is 15.4 Å². The molecule has 0 saturated heterocycles. The first kappa shape index (κ1) is 14.6. The van der Waals surface area contributed by atoms with E-state index < -0.39 is 5.82 Å². The van der Waals surface area contributed by atoms with Gasteiger partial charge in [0.1, 0.15) is 11.6 Å². The van der Waals surface area contributed by atoms with Crippen molar-refractivity contribution in [2.45, 2.75) is 19.4 Å². The zero-order chi connectivity index (χ0) is 13.8. The summed E-state index contributed by atoms with van der Waals surface area (Å²) in [6, 6.07) is 5.53. The van der Waals surface area contributed by atoms with E-state index in [2.05, 4.69) is 21.2 Å². The normalized spacial score (nSPS) is 12.6. The zero-order valence-corrected chi connectivity index (χ0v) is 12.8. The van der Waals surface area contributed by atoms with E-state index in [4.69, 9.17) is 0 Å². The van der Waals surface area contributed by atoms with Crippen molar-refractivity contribution in [1.82, 2.24) is 5.32 Å². The molecule has 1 nitrogen and oxygen atoms in total. The molecule has 0 aliphatic rings. The fourth-order valence-electron chi connectivity index (χ4n) is 1.98. The quantitative estimate of drug-likeness (QED) is 0.829. The summed E-state index contributed by atoms with van der Waals surface area (Å²) in [5.41, 5.74) is 0.395. The molecule has 0 aliphatic heterocycles. The molecule has 2 aromatic rings. The van der Waals surface area contributed by atoms with Crippen LogP contribution in [-0.4, -0.2) is 6.54 Å². The maximum atomic E-state index is 13.7. The lowest BCUT2D eigenvalue weighted by Gasteiger charge is -2.17. The predicted octanol–water partition coefficient (Wildman–Crippen LogP) is 4.68. The van der Waals surface area contributed by atoms with Gasteiger partial charge in [-0.1, -0.05) is 6.92 Å². The summed E-state index contributed by atoms with van der Waals surface area (Å²) in [5, 5.41) is 5.29. The van der Waals surface area contributed by atoms with E-state index in [1.165, 1.54) is 12.1 Å². The van der Waals surface area contributed by atoms with E-state index >= 15 is 0 Å². The Kier molecular flexibility index (Phi) is 5.07. The Labute approximate surface area is 123 Å². The second-order valence-electron chi connectivity index (χ2n) is 4.18. The third-order valence-electron chi connectivity index (χ3n) is 2.84. The fourth-order valence-corrected chi connectivity index (χ4v) is 3.70. The van der Waals surface area contributed by atoms with Gasteiger partial charge in [0.25, 0.3) is 0 Å². The Morgan fingerprint density at radius 2 is 2.11 bits per heavy atom. The standard InChI is InChI=1S/C14H14BrF2NS/c1-2-18-13(14-11(15)5-6-19-14)8-9-7-10(16)3-4-12(9)17/h3-7,13,18H,2,8H2,1H3. The van der Waals surface area contributed by atoms with Crippen molar-refractivity contribution in [2.75, 3.05) is 6.54 Å². The first-order chi connectivity index (χ1) is 9.11. The second-order valence-corrected chi connectivity index (χ2v) is 5.98. The Balaban J connectivity index is 2.26. The van der Waals surface area contributed by atoms with Crippen molar-refractivity contribution in [3.05, 3.63) is 56.2 Å². The van der Waals surface area contributed by atoms with Crippen molar-refractivity contribution < 1.29 is 8.78 Å². The molecule has 0 saturated carbocycles. The van der Waals surface area contributed by atoms with E-state index in [0.717, 1.165) is 22.0 Å². The van der Waals surface area contributed by atoms with Crippen molar-refractivity contribution in [3.63, 3.8) is 0 Å². The molecule has 1 atom stereocenters. The van der Waals surface area contributed by atoms with Crippen LogP contribution < -0.4 is 5.32 Å². The number of rotatable bonds is 5. The van der Waals surface area contributed by atoms with Gasteiger partial charge in [0.05, 0.1) is 0 Å². The molecule has 102 valence electrons. The van der Waals surface area contributed by atoms with Crippen LogP contribution in [0.2, 0.25) is 0 Å². The average molecular weight is 346 g/mol. The van der Waals surface area contributed by atoms with Crippen LogP contribution in [0.4, 0.5) is 8.78 Å². The van der Waals surface area contributed by atoms with Gasteiger partial charge in [0.15, 0.2) is 0 Å². The highest BCUT2D eigenvalue weighted by molar-refractivity contribution is 9.10. The fraction of sp³-hybridized carbons (Fsp3) is 0.286. The van der Waals surface area contributed by atoms with Crippen molar-refractivity contribution in [2.24, 2.45) is 0 Å². The maximum absolute atomic E-state index is 13.7. The molecule has 1 N–H and O–H groups in total. The van der Waals surface area contributed by atoms with Crippen LogP contribution in [0.15, 0.2) is 34.1 Å². The number of halogens is 3. The second kappa shape index (κ2) is 6.59. The van der Waals surface area contributed by atoms with Gasteiger partial charge in [-0.05, 0) is 64.1 Å². The molecule has 19 heavy (non-hydrogen) atoms. The third-order valence-corrected chi connectivity index (χ3v) is 4.83. The van der Waals surface area contributed by atoms with E-state index in [1.807, 2.05) is 18.4 Å². The van der Waals surface area contributed by atoms with Gasteiger partial charge in [0.2, 0.25) is 0 Å². The number of hydrogen-bond donors (Lipinski definition) is 1. The van der Waals surface area contributed by atoms with E-state index in [-0.39, 0.29) is 11.9 Å². The number of likely N-dealkylation sites (N-methyl/N-ethyl adjacent to an activating group) is 1. The summed E-state index contributed by atoms with van der Waals surface area (Å²) in [7, 11) is 0. The maximum Gasteiger partial charge on any atom is 0.126 e. The van der Waals surface area contributed by atoms with E-state index in [9.17, 15) is 8.78 Å². The molecule has 0 spiro atoms. The third kappa shape index (κ3) is 3.61. The Morgan fingerprint density at radius 3 is 2.74 bits per heavy atom. The molecule has 1 aromatic carbocycles. The summed E-state index contributed by atoms with van der Waals surface area (Å²) in [5.74, 6) is -0.770. The number of nitrogens with one attached hydrogen (secondary N) is 1. The molecular weight excluding hydrogens is 332 g/mol. The molecule has 5 heteroatoms. The van der Waals surface area contributed by atoms with Gasteiger partial charge < -0.3 is 5.32 Å². The topological polar surface area (TPSA) is 12.0 Å². The highest BCUT2D eigenvalue weighted by Crippen LogP contribution is 2.31. The molecule has 1 heterocycles. The number of benzene rings is 1. The lowest BCUT2D eigenvalue weighted by Crippen LogP contribution is -2.22. The summed E-state index contributed by atoms with van der Waals surface area (Å²) in [6.45, 7) is 2.77. The largest absolute Gasteiger partial charge is 0.309 e. The summed E-state index contributed by atoms with van der Waals surface area (Å²) < 4.78 is 27.9. The number of hydrogen-bond acceptors (Lipinski definition) is 2. The van der Waals surface area contributed by atoms with Crippen LogP contribution in [0, 0.1) is 11.6 Å². The Bertz CT molecular complexity index is 556. The molecule has 0 radical (unpaired) electrons. The minimum atomic E-state index is -0.406. The summed E-state index contributed by atoms with van der Waals surface area (Å²) in [6.07, 6.45) is 0.427. The van der Waals surface area contributed by atoms with Crippen LogP contribution in [-0.2, 0) is 6.42 Å². The minimum absolute atomic E-state index is 0.0179. The highest BCUT2D eigenvalue weighted by Gasteiger charge is 2.17. The monoisotopic (exact) mass is 345 g/mol. The SMILES string of the molecule is CCNC(Cc1cc(F)ccc1F)c1sccc1Br. The molecule has 0 fully saturated rings. The van der Waals surface area contributed by atoms with Gasteiger partial charge >= 0.3 is 0 Å². The lowest BCUT2D eigenvalue weighted by atomic mass is 10.0. The predicted molar refractivity (Wildman–Crippen MR) is 78.5 cm³/mol. The Morgan fingerprint density at radius 1 is 1.32 bits per heavy atom. The number of thiophene rings is 1. The highest BCUT2D eigenvalue weighted by atomic mass is 79.9. The van der Waals surface area contributed by atoms with Crippen LogP contribution in [0.3, 0.4) is 0 Å². The minimum Gasteiger partial charge on any atom is -0.309 e. The van der Waals surface area contributed by atoms with E-state index in [0.29, 0.717) is 12.0 Å². The molecule has 1 aromatic heterocycles. The summed E-state index contributed by atoms with van der Waals surface area (Å²) in [4.78, 5) is 1.10.